The molecule has 0 saturated heterocycles. The van der Waals surface area contributed by atoms with Gasteiger partial charge in [-0.15, -0.1) is 0 Å². The number of phenolic OH excluding ortho intramolecular Hbond substituents is 1. The topological polar surface area (TPSA) is 95.5 Å². The van der Waals surface area contributed by atoms with Gasteiger partial charge in [0, 0.05) is 23.9 Å². The number of hydrogen-bond acceptors (Lipinski definition) is 7. The summed E-state index contributed by atoms with van der Waals surface area (Å²) < 4.78 is 26.6. The predicted molar refractivity (Wildman–Crippen MR) is 92.2 cm³/mol. The SMILES string of the molecule is COc1cc(NC(=O)C2=COc3cc(O)ccc3O2)cc(OC)c1OC. The van der Waals surface area contributed by atoms with Crippen molar-refractivity contribution in [2.24, 2.45) is 0 Å². The normalized spacial score (nSPS) is 12.0. The number of ether oxygens (including phenoxy) is 5. The summed E-state index contributed by atoms with van der Waals surface area (Å²) in [6.45, 7) is 0. The zero-order chi connectivity index (χ0) is 18.7. The van der Waals surface area contributed by atoms with Gasteiger partial charge in [-0.3, -0.25) is 4.79 Å². The van der Waals surface area contributed by atoms with Crippen LogP contribution in [-0.4, -0.2) is 32.3 Å². The van der Waals surface area contributed by atoms with Crippen molar-refractivity contribution >= 4 is 11.6 Å². The molecule has 0 aromatic heterocycles. The highest BCUT2D eigenvalue weighted by Crippen LogP contribution is 2.40. The van der Waals surface area contributed by atoms with Gasteiger partial charge in [-0.25, -0.2) is 0 Å². The Balaban J connectivity index is 1.80. The monoisotopic (exact) mass is 359 g/mol. The summed E-state index contributed by atoms with van der Waals surface area (Å²) in [5, 5.41) is 12.1. The second kappa shape index (κ2) is 7.14. The Labute approximate surface area is 149 Å². The lowest BCUT2D eigenvalue weighted by molar-refractivity contribution is -0.115. The largest absolute Gasteiger partial charge is 0.508 e. The van der Waals surface area contributed by atoms with Crippen LogP contribution >= 0.6 is 0 Å². The predicted octanol–water partition coefficient (Wildman–Crippen LogP) is 2.67. The van der Waals surface area contributed by atoms with Crippen LogP contribution in [0.5, 0.6) is 34.5 Å². The van der Waals surface area contributed by atoms with Gasteiger partial charge in [-0.1, -0.05) is 0 Å². The number of benzene rings is 2. The number of phenols is 1. The molecule has 2 N–H and O–H groups in total. The lowest BCUT2D eigenvalue weighted by Gasteiger charge is -2.18. The zero-order valence-corrected chi connectivity index (χ0v) is 14.4. The first-order chi connectivity index (χ1) is 12.5. The molecule has 0 spiro atoms. The first-order valence-corrected chi connectivity index (χ1v) is 7.54. The van der Waals surface area contributed by atoms with Crippen LogP contribution < -0.4 is 29.0 Å². The van der Waals surface area contributed by atoms with Crippen LogP contribution in [0.15, 0.2) is 42.4 Å². The van der Waals surface area contributed by atoms with Crippen molar-refractivity contribution in [2.75, 3.05) is 26.6 Å². The van der Waals surface area contributed by atoms with Gasteiger partial charge in [0.2, 0.25) is 11.5 Å². The summed E-state index contributed by atoms with van der Waals surface area (Å²) in [4.78, 5) is 12.5. The highest BCUT2D eigenvalue weighted by Gasteiger charge is 2.22. The number of hydrogen-bond donors (Lipinski definition) is 2. The standard InChI is InChI=1S/C18H17NO7/c1-22-14-6-10(7-15(23-2)17(14)24-3)19-18(21)16-9-25-13-8-11(20)4-5-12(13)26-16/h4-9,20H,1-3H3,(H,19,21). The second-order valence-corrected chi connectivity index (χ2v) is 5.20. The minimum absolute atomic E-state index is 0.0334. The lowest BCUT2D eigenvalue weighted by atomic mass is 10.2. The molecule has 0 fully saturated rings. The fraction of sp³-hybridized carbons (Fsp3) is 0.167. The van der Waals surface area contributed by atoms with Gasteiger partial charge in [0.15, 0.2) is 23.0 Å². The molecule has 8 nitrogen and oxygen atoms in total. The molecule has 0 bridgehead atoms. The third-order valence-electron chi connectivity index (χ3n) is 3.59. The van der Waals surface area contributed by atoms with Crippen molar-refractivity contribution in [2.45, 2.75) is 0 Å². The first-order valence-electron chi connectivity index (χ1n) is 7.54. The highest BCUT2D eigenvalue weighted by atomic mass is 16.6. The fourth-order valence-corrected chi connectivity index (χ4v) is 2.38. The molecule has 0 atom stereocenters. The van der Waals surface area contributed by atoms with Gasteiger partial charge < -0.3 is 34.1 Å². The fourth-order valence-electron chi connectivity index (χ4n) is 2.38. The Morgan fingerprint density at radius 2 is 1.69 bits per heavy atom. The number of fused-ring (bicyclic) bond motifs is 1. The van der Waals surface area contributed by atoms with Gasteiger partial charge in [0.1, 0.15) is 12.0 Å². The third-order valence-corrected chi connectivity index (χ3v) is 3.59. The van der Waals surface area contributed by atoms with Crippen LogP contribution in [0.25, 0.3) is 0 Å². The molecule has 1 aliphatic rings. The third kappa shape index (κ3) is 3.30. The van der Waals surface area contributed by atoms with E-state index in [4.69, 9.17) is 23.7 Å². The van der Waals surface area contributed by atoms with E-state index >= 15 is 0 Å². The summed E-state index contributed by atoms with van der Waals surface area (Å²) in [6.07, 6.45) is 1.16. The Morgan fingerprint density at radius 3 is 2.31 bits per heavy atom. The Kier molecular flexibility index (Phi) is 4.74. The van der Waals surface area contributed by atoms with Crippen molar-refractivity contribution in [3.05, 3.63) is 42.4 Å². The van der Waals surface area contributed by atoms with E-state index in [1.54, 1.807) is 12.1 Å². The molecule has 8 heteroatoms. The molecule has 1 heterocycles. The molecule has 1 amide bonds. The second-order valence-electron chi connectivity index (χ2n) is 5.20. The van der Waals surface area contributed by atoms with E-state index < -0.39 is 5.91 Å². The molecule has 0 aliphatic carbocycles. The maximum atomic E-state index is 12.5. The molecule has 0 radical (unpaired) electrons. The van der Waals surface area contributed by atoms with Crippen molar-refractivity contribution in [3.8, 4) is 34.5 Å². The number of anilines is 1. The smallest absolute Gasteiger partial charge is 0.294 e. The molecule has 26 heavy (non-hydrogen) atoms. The van der Waals surface area contributed by atoms with Crippen LogP contribution in [0, 0.1) is 0 Å². The van der Waals surface area contributed by atoms with E-state index in [0.717, 1.165) is 6.26 Å². The average Bonchev–Trinajstić information content (AvgIpc) is 2.66. The van der Waals surface area contributed by atoms with Crippen molar-refractivity contribution in [1.82, 2.24) is 0 Å². The number of rotatable bonds is 5. The maximum Gasteiger partial charge on any atom is 0.294 e. The van der Waals surface area contributed by atoms with Crippen molar-refractivity contribution in [3.63, 3.8) is 0 Å². The van der Waals surface area contributed by atoms with Gasteiger partial charge in [0.25, 0.3) is 5.91 Å². The van der Waals surface area contributed by atoms with E-state index in [9.17, 15) is 9.90 Å². The molecule has 0 unspecified atom stereocenters. The van der Waals surface area contributed by atoms with E-state index in [1.807, 2.05) is 0 Å². The minimum atomic E-state index is -0.530. The molecule has 2 aromatic rings. The Hall–Kier alpha value is -3.55. The number of carbonyl (C=O) groups is 1. The van der Waals surface area contributed by atoms with E-state index in [1.165, 1.54) is 39.5 Å². The number of nitrogens with one attached hydrogen (secondary N) is 1. The molecule has 1 aliphatic heterocycles. The molecule has 0 saturated carbocycles. The van der Waals surface area contributed by atoms with Gasteiger partial charge >= 0.3 is 0 Å². The van der Waals surface area contributed by atoms with E-state index in [2.05, 4.69) is 5.32 Å². The summed E-state index contributed by atoms with van der Waals surface area (Å²) in [7, 11) is 4.46. The van der Waals surface area contributed by atoms with E-state index in [-0.39, 0.29) is 11.5 Å². The van der Waals surface area contributed by atoms with Crippen LogP contribution in [0.1, 0.15) is 0 Å². The quantitative estimate of drug-likeness (QED) is 0.847. The number of aromatic hydroxyl groups is 1. The van der Waals surface area contributed by atoms with Gasteiger partial charge in [-0.05, 0) is 12.1 Å². The van der Waals surface area contributed by atoms with Gasteiger partial charge in [0.05, 0.1) is 21.3 Å². The van der Waals surface area contributed by atoms with Gasteiger partial charge in [-0.2, -0.15) is 0 Å². The average molecular weight is 359 g/mol. The summed E-state index contributed by atoms with van der Waals surface area (Å²) in [5.74, 6) is 1.31. The van der Waals surface area contributed by atoms with Crippen molar-refractivity contribution < 1.29 is 33.6 Å². The van der Waals surface area contributed by atoms with Crippen LogP contribution in [0.2, 0.25) is 0 Å². The lowest BCUT2D eigenvalue weighted by Crippen LogP contribution is -2.21. The summed E-state index contributed by atoms with van der Waals surface area (Å²) >= 11 is 0. The van der Waals surface area contributed by atoms with Crippen molar-refractivity contribution in [1.29, 1.82) is 0 Å². The zero-order valence-electron chi connectivity index (χ0n) is 14.4. The molecular formula is C18H17NO7. The number of carbonyl (C=O) groups excluding carboxylic acids is 1. The highest BCUT2D eigenvalue weighted by molar-refractivity contribution is 6.03. The maximum absolute atomic E-state index is 12.5. The number of methoxy groups -OCH3 is 3. The molecule has 2 aromatic carbocycles. The Morgan fingerprint density at radius 1 is 1.00 bits per heavy atom. The van der Waals surface area contributed by atoms with E-state index in [0.29, 0.717) is 34.4 Å². The molecule has 136 valence electrons. The molecular weight excluding hydrogens is 342 g/mol. The van der Waals surface area contributed by atoms with Crippen LogP contribution in [0.4, 0.5) is 5.69 Å². The summed E-state index contributed by atoms with van der Waals surface area (Å²) in [5.41, 5.74) is 0.422. The molecule has 3 rings (SSSR count). The first kappa shape index (κ1) is 17.3. The number of amides is 1. The summed E-state index contributed by atoms with van der Waals surface area (Å²) in [6, 6.07) is 7.51. The van der Waals surface area contributed by atoms with Crippen LogP contribution in [-0.2, 0) is 4.79 Å². The minimum Gasteiger partial charge on any atom is -0.508 e. The Bertz CT molecular complexity index is 851. The van der Waals surface area contributed by atoms with Crippen LogP contribution in [0.3, 0.4) is 0 Å².